The first-order valence-electron chi connectivity index (χ1n) is 5.33. The van der Waals surface area contributed by atoms with Gasteiger partial charge >= 0.3 is 0 Å². The van der Waals surface area contributed by atoms with E-state index in [1.807, 2.05) is 6.07 Å². The summed E-state index contributed by atoms with van der Waals surface area (Å²) in [4.78, 5) is 0.0505. The van der Waals surface area contributed by atoms with E-state index in [1.165, 1.54) is 16.4 Å². The predicted molar refractivity (Wildman–Crippen MR) is 71.7 cm³/mol. The first-order chi connectivity index (χ1) is 8.46. The molecule has 0 N–H and O–H groups in total. The third-order valence-electron chi connectivity index (χ3n) is 2.83. The molecule has 1 aliphatic heterocycles. The standard InChI is InChI=1S/C11H10BrClN2O2S/c12-8-3-4-11(10(13)6-8)18(16,17)15-5-1-2-9(15)7-14/h3-4,6,9H,1-2,5H2. The minimum absolute atomic E-state index is 0.0505. The topological polar surface area (TPSA) is 61.2 Å². The van der Waals surface area contributed by atoms with E-state index in [0.717, 1.165) is 0 Å². The monoisotopic (exact) mass is 348 g/mol. The van der Waals surface area contributed by atoms with Crippen molar-refractivity contribution < 1.29 is 8.42 Å². The lowest BCUT2D eigenvalue weighted by atomic mass is 10.2. The SMILES string of the molecule is N#CC1CCCN1S(=O)(=O)c1ccc(Br)cc1Cl. The Morgan fingerprint density at radius 1 is 1.50 bits per heavy atom. The maximum absolute atomic E-state index is 12.4. The minimum atomic E-state index is -3.69. The second-order valence-corrected chi connectivity index (χ2v) is 7.16. The Kier molecular flexibility index (Phi) is 3.97. The van der Waals surface area contributed by atoms with Crippen LogP contribution in [0.1, 0.15) is 12.8 Å². The highest BCUT2D eigenvalue weighted by Gasteiger charge is 2.36. The van der Waals surface area contributed by atoms with E-state index in [2.05, 4.69) is 15.9 Å². The van der Waals surface area contributed by atoms with Gasteiger partial charge < -0.3 is 0 Å². The second-order valence-electron chi connectivity index (χ2n) is 3.98. The fraction of sp³-hybridized carbons (Fsp3) is 0.364. The maximum Gasteiger partial charge on any atom is 0.245 e. The molecule has 1 aromatic carbocycles. The molecule has 1 aromatic rings. The first-order valence-corrected chi connectivity index (χ1v) is 7.94. The Hall–Kier alpha value is -0.610. The summed E-state index contributed by atoms with van der Waals surface area (Å²) < 4.78 is 26.8. The zero-order chi connectivity index (χ0) is 13.3. The molecule has 18 heavy (non-hydrogen) atoms. The normalized spacial score (nSPS) is 20.8. The fourth-order valence-corrected chi connectivity index (χ4v) is 4.59. The highest BCUT2D eigenvalue weighted by Crippen LogP contribution is 2.31. The number of hydrogen-bond acceptors (Lipinski definition) is 3. The van der Waals surface area contributed by atoms with Gasteiger partial charge in [0.05, 0.1) is 11.1 Å². The van der Waals surface area contributed by atoms with Gasteiger partial charge in [0.1, 0.15) is 10.9 Å². The van der Waals surface area contributed by atoms with Crippen molar-refractivity contribution in [2.75, 3.05) is 6.54 Å². The van der Waals surface area contributed by atoms with Crippen LogP contribution >= 0.6 is 27.5 Å². The van der Waals surface area contributed by atoms with Crippen molar-refractivity contribution in [2.24, 2.45) is 0 Å². The molecule has 4 nitrogen and oxygen atoms in total. The average Bonchev–Trinajstić information content (AvgIpc) is 2.76. The van der Waals surface area contributed by atoms with Crippen molar-refractivity contribution in [3.8, 4) is 6.07 Å². The smallest absolute Gasteiger partial charge is 0.207 e. The summed E-state index contributed by atoms with van der Waals surface area (Å²) in [6.07, 6.45) is 1.27. The molecule has 1 fully saturated rings. The molecule has 96 valence electrons. The summed E-state index contributed by atoms with van der Waals surface area (Å²) in [6, 6.07) is 6.03. The van der Waals surface area contributed by atoms with Gasteiger partial charge in [-0.3, -0.25) is 0 Å². The highest BCUT2D eigenvalue weighted by molar-refractivity contribution is 9.10. The van der Waals surface area contributed by atoms with Crippen LogP contribution in [0.4, 0.5) is 0 Å². The number of rotatable bonds is 2. The van der Waals surface area contributed by atoms with Crippen LogP contribution in [0.3, 0.4) is 0 Å². The van der Waals surface area contributed by atoms with Crippen LogP contribution in [-0.4, -0.2) is 25.3 Å². The van der Waals surface area contributed by atoms with E-state index < -0.39 is 16.1 Å². The molecule has 7 heteroatoms. The van der Waals surface area contributed by atoms with Crippen molar-refractivity contribution in [1.82, 2.24) is 4.31 Å². The molecule has 1 unspecified atom stereocenters. The number of benzene rings is 1. The van der Waals surface area contributed by atoms with Gasteiger partial charge in [0.15, 0.2) is 0 Å². The Balaban J connectivity index is 2.46. The van der Waals surface area contributed by atoms with Crippen LogP contribution in [0, 0.1) is 11.3 Å². The van der Waals surface area contributed by atoms with E-state index >= 15 is 0 Å². The van der Waals surface area contributed by atoms with Crippen LogP contribution in [0.25, 0.3) is 0 Å². The first kappa shape index (κ1) is 13.8. The predicted octanol–water partition coefficient (Wildman–Crippen LogP) is 2.78. The van der Waals surface area contributed by atoms with Gasteiger partial charge in [0, 0.05) is 11.0 Å². The van der Waals surface area contributed by atoms with Crippen molar-refractivity contribution in [3.05, 3.63) is 27.7 Å². The Bertz CT molecular complexity index is 612. The van der Waals surface area contributed by atoms with Crippen molar-refractivity contribution in [1.29, 1.82) is 5.26 Å². The molecule has 0 bridgehead atoms. The number of hydrogen-bond donors (Lipinski definition) is 0. The summed E-state index contributed by atoms with van der Waals surface area (Å²) in [5.74, 6) is 0. The summed E-state index contributed by atoms with van der Waals surface area (Å²) in [5, 5.41) is 9.12. The molecule has 1 saturated heterocycles. The van der Waals surface area contributed by atoms with Gasteiger partial charge in [-0.2, -0.15) is 9.57 Å². The van der Waals surface area contributed by atoms with Crippen molar-refractivity contribution >= 4 is 37.6 Å². The summed E-state index contributed by atoms with van der Waals surface area (Å²) >= 11 is 9.19. The third-order valence-corrected chi connectivity index (χ3v) is 5.72. The number of sulfonamides is 1. The van der Waals surface area contributed by atoms with Crippen molar-refractivity contribution in [3.63, 3.8) is 0 Å². The second kappa shape index (κ2) is 5.17. The molecule has 1 atom stereocenters. The lowest BCUT2D eigenvalue weighted by Gasteiger charge is -2.19. The van der Waals surface area contributed by atoms with Gasteiger partial charge in [0.25, 0.3) is 0 Å². The zero-order valence-corrected chi connectivity index (χ0v) is 12.5. The quantitative estimate of drug-likeness (QED) is 0.825. The summed E-state index contributed by atoms with van der Waals surface area (Å²) in [5.41, 5.74) is 0. The molecule has 0 radical (unpaired) electrons. The molecular weight excluding hydrogens is 340 g/mol. The van der Waals surface area contributed by atoms with Crippen LogP contribution in [0.2, 0.25) is 5.02 Å². The molecule has 2 rings (SSSR count). The van der Waals surface area contributed by atoms with Gasteiger partial charge in [-0.1, -0.05) is 27.5 Å². The molecule has 1 aliphatic rings. The van der Waals surface area contributed by atoms with Gasteiger partial charge in [0.2, 0.25) is 10.0 Å². The van der Waals surface area contributed by atoms with Crippen LogP contribution in [-0.2, 0) is 10.0 Å². The van der Waals surface area contributed by atoms with Crippen molar-refractivity contribution in [2.45, 2.75) is 23.8 Å². The maximum atomic E-state index is 12.4. The molecule has 0 aliphatic carbocycles. The fourth-order valence-electron chi connectivity index (χ4n) is 1.97. The Morgan fingerprint density at radius 3 is 2.83 bits per heavy atom. The van der Waals surface area contributed by atoms with Gasteiger partial charge in [-0.25, -0.2) is 8.42 Å². The zero-order valence-electron chi connectivity index (χ0n) is 9.31. The third kappa shape index (κ3) is 2.41. The van der Waals surface area contributed by atoms with E-state index in [-0.39, 0.29) is 9.92 Å². The van der Waals surface area contributed by atoms with Crippen LogP contribution in [0.5, 0.6) is 0 Å². The number of halogens is 2. The lowest BCUT2D eigenvalue weighted by molar-refractivity contribution is 0.437. The molecule has 0 saturated carbocycles. The minimum Gasteiger partial charge on any atom is -0.207 e. The van der Waals surface area contributed by atoms with Crippen LogP contribution < -0.4 is 0 Å². The molecular formula is C11H10BrClN2O2S. The van der Waals surface area contributed by atoms with Gasteiger partial charge in [-0.15, -0.1) is 0 Å². The summed E-state index contributed by atoms with van der Waals surface area (Å²) in [6.45, 7) is 0.368. The number of nitriles is 1. The lowest BCUT2D eigenvalue weighted by Crippen LogP contribution is -2.34. The van der Waals surface area contributed by atoms with E-state index in [0.29, 0.717) is 23.9 Å². The van der Waals surface area contributed by atoms with E-state index in [9.17, 15) is 8.42 Å². The van der Waals surface area contributed by atoms with Crippen LogP contribution in [0.15, 0.2) is 27.6 Å². The van der Waals surface area contributed by atoms with E-state index in [4.69, 9.17) is 16.9 Å². The van der Waals surface area contributed by atoms with Gasteiger partial charge in [-0.05, 0) is 31.0 Å². The largest absolute Gasteiger partial charge is 0.245 e. The number of nitrogens with zero attached hydrogens (tertiary/aromatic N) is 2. The Morgan fingerprint density at radius 2 is 2.22 bits per heavy atom. The molecule has 0 amide bonds. The average molecular weight is 350 g/mol. The molecule has 0 spiro atoms. The van der Waals surface area contributed by atoms with E-state index in [1.54, 1.807) is 6.07 Å². The molecule has 1 heterocycles. The Labute approximate surface area is 119 Å². The highest BCUT2D eigenvalue weighted by atomic mass is 79.9. The molecule has 0 aromatic heterocycles. The summed E-state index contributed by atoms with van der Waals surface area (Å²) in [7, 11) is -3.69.